The molecular formula is C19H21N5. The van der Waals surface area contributed by atoms with Crippen LogP contribution >= 0.6 is 0 Å². The molecule has 0 atom stereocenters. The monoisotopic (exact) mass is 319 g/mol. The molecule has 5 nitrogen and oxygen atoms in total. The summed E-state index contributed by atoms with van der Waals surface area (Å²) in [6.07, 6.45) is 8.23. The third-order valence-corrected chi connectivity index (χ3v) is 4.66. The van der Waals surface area contributed by atoms with Gasteiger partial charge in [-0.3, -0.25) is 9.97 Å². The van der Waals surface area contributed by atoms with Crippen molar-refractivity contribution in [2.45, 2.75) is 26.7 Å². The number of pyridine rings is 2. The molecule has 3 aromatic heterocycles. The number of rotatable bonds is 3. The molecule has 122 valence electrons. The van der Waals surface area contributed by atoms with Crippen molar-refractivity contribution in [3.63, 3.8) is 0 Å². The Bertz CT molecular complexity index is 842. The van der Waals surface area contributed by atoms with E-state index in [1.54, 1.807) is 0 Å². The summed E-state index contributed by atoms with van der Waals surface area (Å²) in [5.74, 6) is 0.815. The van der Waals surface area contributed by atoms with Crippen molar-refractivity contribution in [1.82, 2.24) is 19.9 Å². The number of nitrogens with zero attached hydrogens (tertiary/aromatic N) is 4. The molecule has 0 radical (unpaired) electrons. The Kier molecular flexibility index (Phi) is 3.76. The molecule has 0 aliphatic carbocycles. The maximum Gasteiger partial charge on any atom is 0.156 e. The molecule has 1 aliphatic heterocycles. The van der Waals surface area contributed by atoms with E-state index in [4.69, 9.17) is 0 Å². The standard InChI is InChI=1S/C19H21N5/c1-13-14(2)23-19(22-13)18-10-15(5-6-21-18)16-9-17(12-20-11-16)24-7-3-4-8-24/h5-6,9-12H,3-4,7-8H2,1-2H3,(H,22,23). The SMILES string of the molecule is Cc1nc(-c2cc(-c3cncc(N4CCCC4)c3)ccn2)[nH]c1C. The van der Waals surface area contributed by atoms with Gasteiger partial charge in [0.15, 0.2) is 5.82 Å². The highest BCUT2D eigenvalue weighted by Gasteiger charge is 2.14. The van der Waals surface area contributed by atoms with Crippen molar-refractivity contribution in [2.75, 3.05) is 18.0 Å². The second-order valence-electron chi connectivity index (χ2n) is 6.35. The van der Waals surface area contributed by atoms with E-state index in [2.05, 4.69) is 37.0 Å². The van der Waals surface area contributed by atoms with Crippen LogP contribution in [0.5, 0.6) is 0 Å². The average Bonchev–Trinajstić information content (AvgIpc) is 3.26. The van der Waals surface area contributed by atoms with Gasteiger partial charge in [-0.1, -0.05) is 0 Å². The van der Waals surface area contributed by atoms with Crippen LogP contribution in [0.4, 0.5) is 5.69 Å². The van der Waals surface area contributed by atoms with E-state index in [0.29, 0.717) is 0 Å². The van der Waals surface area contributed by atoms with Crippen LogP contribution in [0.25, 0.3) is 22.6 Å². The van der Waals surface area contributed by atoms with Gasteiger partial charge in [0.05, 0.1) is 17.6 Å². The van der Waals surface area contributed by atoms with Crippen molar-refractivity contribution in [3.8, 4) is 22.6 Å². The average molecular weight is 319 g/mol. The number of hydrogen-bond acceptors (Lipinski definition) is 4. The smallest absolute Gasteiger partial charge is 0.156 e. The fraction of sp³-hybridized carbons (Fsp3) is 0.316. The molecule has 0 unspecified atom stereocenters. The molecule has 4 heterocycles. The van der Waals surface area contributed by atoms with Gasteiger partial charge in [0.1, 0.15) is 5.69 Å². The lowest BCUT2D eigenvalue weighted by Gasteiger charge is -2.17. The maximum absolute atomic E-state index is 4.55. The van der Waals surface area contributed by atoms with Gasteiger partial charge in [0.25, 0.3) is 0 Å². The summed E-state index contributed by atoms with van der Waals surface area (Å²) < 4.78 is 0. The van der Waals surface area contributed by atoms with E-state index in [0.717, 1.165) is 47.1 Å². The van der Waals surface area contributed by atoms with Crippen LogP contribution in [0.2, 0.25) is 0 Å². The van der Waals surface area contributed by atoms with Gasteiger partial charge in [-0.2, -0.15) is 0 Å². The Labute approximate surface area is 141 Å². The minimum atomic E-state index is 0.815. The summed E-state index contributed by atoms with van der Waals surface area (Å²) in [6, 6.07) is 6.31. The first-order chi connectivity index (χ1) is 11.7. The Balaban J connectivity index is 1.69. The summed E-state index contributed by atoms with van der Waals surface area (Å²) in [4.78, 5) is 19.2. The van der Waals surface area contributed by atoms with Gasteiger partial charge < -0.3 is 9.88 Å². The number of H-pyrrole nitrogens is 1. The molecule has 0 aromatic carbocycles. The first kappa shape index (κ1) is 14.9. The highest BCUT2D eigenvalue weighted by molar-refractivity contribution is 5.70. The fourth-order valence-electron chi connectivity index (χ4n) is 3.14. The van der Waals surface area contributed by atoms with E-state index < -0.39 is 0 Å². The van der Waals surface area contributed by atoms with Crippen LogP contribution < -0.4 is 4.90 Å². The highest BCUT2D eigenvalue weighted by Crippen LogP contribution is 2.27. The Morgan fingerprint density at radius 2 is 1.88 bits per heavy atom. The molecule has 1 N–H and O–H groups in total. The first-order valence-electron chi connectivity index (χ1n) is 8.41. The van der Waals surface area contributed by atoms with Crippen molar-refractivity contribution >= 4 is 5.69 Å². The summed E-state index contributed by atoms with van der Waals surface area (Å²) in [5, 5.41) is 0. The van der Waals surface area contributed by atoms with Crippen LogP contribution in [0, 0.1) is 13.8 Å². The van der Waals surface area contributed by atoms with Gasteiger partial charge in [-0.05, 0) is 50.5 Å². The van der Waals surface area contributed by atoms with Crippen molar-refractivity contribution in [1.29, 1.82) is 0 Å². The van der Waals surface area contributed by atoms with Crippen LogP contribution in [0.15, 0.2) is 36.8 Å². The molecule has 0 saturated carbocycles. The zero-order valence-corrected chi connectivity index (χ0v) is 14.1. The van der Waals surface area contributed by atoms with E-state index in [-0.39, 0.29) is 0 Å². The zero-order valence-electron chi connectivity index (χ0n) is 14.1. The first-order valence-corrected chi connectivity index (χ1v) is 8.41. The van der Waals surface area contributed by atoms with Crippen LogP contribution in [0.1, 0.15) is 24.2 Å². The molecular weight excluding hydrogens is 298 g/mol. The quantitative estimate of drug-likeness (QED) is 0.799. The number of hydrogen-bond donors (Lipinski definition) is 1. The number of aryl methyl sites for hydroxylation is 2. The predicted molar refractivity (Wildman–Crippen MR) is 96.0 cm³/mol. The Morgan fingerprint density at radius 1 is 1.04 bits per heavy atom. The largest absolute Gasteiger partial charge is 0.370 e. The van der Waals surface area contributed by atoms with Crippen molar-refractivity contribution < 1.29 is 0 Å². The van der Waals surface area contributed by atoms with Gasteiger partial charge in [-0.25, -0.2) is 4.98 Å². The van der Waals surface area contributed by atoms with Gasteiger partial charge >= 0.3 is 0 Å². The summed E-state index contributed by atoms with van der Waals surface area (Å²) >= 11 is 0. The minimum absolute atomic E-state index is 0.815. The van der Waals surface area contributed by atoms with Gasteiger partial charge in [0, 0.05) is 36.7 Å². The van der Waals surface area contributed by atoms with E-state index in [9.17, 15) is 0 Å². The zero-order chi connectivity index (χ0) is 16.5. The topological polar surface area (TPSA) is 57.7 Å². The van der Waals surface area contributed by atoms with Crippen molar-refractivity contribution in [2.24, 2.45) is 0 Å². The van der Waals surface area contributed by atoms with Gasteiger partial charge in [0.2, 0.25) is 0 Å². The maximum atomic E-state index is 4.55. The molecule has 0 amide bonds. The minimum Gasteiger partial charge on any atom is -0.370 e. The Hall–Kier alpha value is -2.69. The second kappa shape index (κ2) is 6.07. The van der Waals surface area contributed by atoms with Crippen LogP contribution in [-0.4, -0.2) is 33.0 Å². The lowest BCUT2D eigenvalue weighted by molar-refractivity contribution is 0.949. The lowest BCUT2D eigenvalue weighted by Crippen LogP contribution is -2.17. The number of aromatic amines is 1. The number of aromatic nitrogens is 4. The third kappa shape index (κ3) is 2.77. The van der Waals surface area contributed by atoms with E-state index in [1.165, 1.54) is 18.5 Å². The highest BCUT2D eigenvalue weighted by atomic mass is 15.1. The summed E-state index contributed by atoms with van der Waals surface area (Å²) in [6.45, 7) is 6.27. The molecule has 24 heavy (non-hydrogen) atoms. The summed E-state index contributed by atoms with van der Waals surface area (Å²) in [5.41, 5.74) is 6.37. The Morgan fingerprint density at radius 3 is 2.62 bits per heavy atom. The molecule has 1 fully saturated rings. The van der Waals surface area contributed by atoms with Crippen LogP contribution in [0.3, 0.4) is 0 Å². The normalized spacial score (nSPS) is 14.3. The van der Waals surface area contributed by atoms with Crippen LogP contribution in [-0.2, 0) is 0 Å². The lowest BCUT2D eigenvalue weighted by atomic mass is 10.1. The second-order valence-corrected chi connectivity index (χ2v) is 6.35. The number of imidazole rings is 1. The molecule has 1 saturated heterocycles. The molecule has 5 heteroatoms. The molecule has 4 rings (SSSR count). The predicted octanol–water partition coefficient (Wildman–Crippen LogP) is 3.75. The summed E-state index contributed by atoms with van der Waals surface area (Å²) in [7, 11) is 0. The molecule has 0 spiro atoms. The number of nitrogens with one attached hydrogen (secondary N) is 1. The van der Waals surface area contributed by atoms with E-state index in [1.807, 2.05) is 38.5 Å². The number of anilines is 1. The van der Waals surface area contributed by atoms with E-state index >= 15 is 0 Å². The third-order valence-electron chi connectivity index (χ3n) is 4.66. The molecule has 0 bridgehead atoms. The molecule has 3 aromatic rings. The van der Waals surface area contributed by atoms with Crippen molar-refractivity contribution in [3.05, 3.63) is 48.2 Å². The fourth-order valence-corrected chi connectivity index (χ4v) is 3.14. The molecule has 1 aliphatic rings. The van der Waals surface area contributed by atoms with Gasteiger partial charge in [-0.15, -0.1) is 0 Å².